The fourth-order valence-corrected chi connectivity index (χ4v) is 4.54. The molecule has 6 heteroatoms. The van der Waals surface area contributed by atoms with E-state index in [1.807, 2.05) is 68.6 Å². The normalized spacial score (nSPS) is 11.1. The minimum absolute atomic E-state index is 0.0143. The Hall–Kier alpha value is -3.93. The number of hydrogen-bond donors (Lipinski definition) is 1. The molecule has 0 aliphatic rings. The summed E-state index contributed by atoms with van der Waals surface area (Å²) in [4.78, 5) is 33.4. The molecule has 0 fully saturated rings. The summed E-state index contributed by atoms with van der Waals surface area (Å²) >= 11 is 0. The lowest BCUT2D eigenvalue weighted by Gasteiger charge is -2.30. The van der Waals surface area contributed by atoms with Gasteiger partial charge in [-0.15, -0.1) is 0 Å². The number of hydrogen-bond acceptors (Lipinski definition) is 2. The number of rotatable bonds is 11. The summed E-state index contributed by atoms with van der Waals surface area (Å²) in [6.45, 7) is 4.72. The van der Waals surface area contributed by atoms with Crippen molar-refractivity contribution in [2.45, 2.75) is 45.7 Å². The topological polar surface area (TPSA) is 56.4 Å². The molecule has 0 atom stereocenters. The van der Waals surface area contributed by atoms with Crippen LogP contribution >= 0.6 is 0 Å². The van der Waals surface area contributed by atoms with Gasteiger partial charge in [-0.3, -0.25) is 9.59 Å². The highest BCUT2D eigenvalue weighted by atomic mass is 19.1. The van der Waals surface area contributed by atoms with E-state index >= 15 is 0 Å². The van der Waals surface area contributed by atoms with Crippen molar-refractivity contribution in [3.05, 3.63) is 108 Å². The molecule has 5 nitrogen and oxygen atoms in total. The number of fused-ring (bicyclic) bond motifs is 1. The van der Waals surface area contributed by atoms with Crippen LogP contribution in [0.4, 0.5) is 4.39 Å². The van der Waals surface area contributed by atoms with E-state index in [1.165, 1.54) is 12.1 Å². The smallest absolute Gasteiger partial charge is 0.242 e. The van der Waals surface area contributed by atoms with Crippen molar-refractivity contribution in [2.75, 3.05) is 13.1 Å². The van der Waals surface area contributed by atoms with E-state index in [2.05, 4.69) is 11.1 Å². The molecule has 37 heavy (non-hydrogen) atoms. The van der Waals surface area contributed by atoms with Crippen molar-refractivity contribution in [3.63, 3.8) is 0 Å². The molecule has 3 aromatic carbocycles. The number of nitrogens with zero attached hydrogens (tertiary/aromatic N) is 2. The molecule has 0 saturated carbocycles. The third-order valence-corrected chi connectivity index (χ3v) is 6.69. The predicted molar refractivity (Wildman–Crippen MR) is 145 cm³/mol. The Morgan fingerprint density at radius 2 is 1.54 bits per heavy atom. The van der Waals surface area contributed by atoms with Crippen LogP contribution in [0, 0.1) is 5.82 Å². The molecule has 0 radical (unpaired) electrons. The number of aromatic amines is 1. The Morgan fingerprint density at radius 1 is 0.838 bits per heavy atom. The summed E-state index contributed by atoms with van der Waals surface area (Å²) in [5.41, 5.74) is 4.14. The molecule has 0 spiro atoms. The lowest BCUT2D eigenvalue weighted by Crippen LogP contribution is -2.46. The van der Waals surface area contributed by atoms with Gasteiger partial charge in [-0.25, -0.2) is 4.39 Å². The van der Waals surface area contributed by atoms with Gasteiger partial charge in [0.25, 0.3) is 0 Å². The standard InChI is InChI=1S/C31H34FN3O2/c1-23(2)35(30(36)17-14-24-8-4-3-5-9-24)22-31(37)34(21-25-12-15-27(32)16-13-25)19-18-26-20-33-29-11-7-6-10-28(26)29/h3-13,15-16,20,23,33H,14,17-19,21-22H2,1-2H3. The van der Waals surface area contributed by atoms with Crippen LogP contribution in [0.3, 0.4) is 0 Å². The average Bonchev–Trinajstić information content (AvgIpc) is 3.32. The SMILES string of the molecule is CC(C)N(CC(=O)N(CCc1c[nH]c2ccccc12)Cc1ccc(F)cc1)C(=O)CCc1ccccc1. The third kappa shape index (κ3) is 7.06. The fourth-order valence-electron chi connectivity index (χ4n) is 4.54. The molecule has 1 aromatic heterocycles. The molecule has 4 aromatic rings. The molecule has 4 rings (SSSR count). The maximum Gasteiger partial charge on any atom is 0.242 e. The zero-order chi connectivity index (χ0) is 26.2. The number of carbonyl (C=O) groups excluding carboxylic acids is 2. The van der Waals surface area contributed by atoms with E-state index in [1.54, 1.807) is 21.9 Å². The van der Waals surface area contributed by atoms with Gasteiger partial charge in [-0.1, -0.05) is 60.7 Å². The molecule has 192 valence electrons. The van der Waals surface area contributed by atoms with Gasteiger partial charge in [-0.05, 0) is 61.6 Å². The van der Waals surface area contributed by atoms with Crippen LogP contribution in [-0.2, 0) is 29.0 Å². The number of carbonyl (C=O) groups is 2. The van der Waals surface area contributed by atoms with Crippen LogP contribution in [0.1, 0.15) is 37.0 Å². The molecule has 0 aliphatic heterocycles. The van der Waals surface area contributed by atoms with Crippen molar-refractivity contribution in [2.24, 2.45) is 0 Å². The minimum Gasteiger partial charge on any atom is -0.361 e. The minimum atomic E-state index is -0.310. The Labute approximate surface area is 217 Å². The van der Waals surface area contributed by atoms with Crippen molar-refractivity contribution in [1.82, 2.24) is 14.8 Å². The highest BCUT2D eigenvalue weighted by molar-refractivity contribution is 5.85. The first kappa shape index (κ1) is 26.1. The van der Waals surface area contributed by atoms with E-state index < -0.39 is 0 Å². The van der Waals surface area contributed by atoms with Gasteiger partial charge in [0.05, 0.1) is 6.54 Å². The summed E-state index contributed by atoms with van der Waals surface area (Å²) in [5, 5.41) is 1.14. The lowest BCUT2D eigenvalue weighted by molar-refractivity contribution is -0.142. The second kappa shape index (κ2) is 12.3. The van der Waals surface area contributed by atoms with Gasteiger partial charge in [-0.2, -0.15) is 0 Å². The maximum absolute atomic E-state index is 13.6. The average molecular weight is 500 g/mol. The largest absolute Gasteiger partial charge is 0.361 e. The number of H-pyrrole nitrogens is 1. The lowest BCUT2D eigenvalue weighted by atomic mass is 10.1. The summed E-state index contributed by atoms with van der Waals surface area (Å²) in [7, 11) is 0. The summed E-state index contributed by atoms with van der Waals surface area (Å²) in [5.74, 6) is -0.466. The van der Waals surface area contributed by atoms with Crippen molar-refractivity contribution < 1.29 is 14.0 Å². The number of nitrogens with one attached hydrogen (secondary N) is 1. The molecule has 1 N–H and O–H groups in total. The van der Waals surface area contributed by atoms with Gasteiger partial charge >= 0.3 is 0 Å². The number of amides is 2. The Morgan fingerprint density at radius 3 is 2.27 bits per heavy atom. The van der Waals surface area contributed by atoms with Gasteiger partial charge in [0.1, 0.15) is 5.82 Å². The predicted octanol–water partition coefficient (Wildman–Crippen LogP) is 5.75. The molecule has 0 aliphatic carbocycles. The quantitative estimate of drug-likeness (QED) is 0.286. The van der Waals surface area contributed by atoms with E-state index in [0.29, 0.717) is 32.4 Å². The van der Waals surface area contributed by atoms with Crippen LogP contribution in [0.2, 0.25) is 0 Å². The molecule has 0 bridgehead atoms. The zero-order valence-corrected chi connectivity index (χ0v) is 21.5. The molecular weight excluding hydrogens is 465 g/mol. The second-order valence-corrected chi connectivity index (χ2v) is 9.65. The number of aromatic nitrogens is 1. The number of aryl methyl sites for hydroxylation is 1. The summed E-state index contributed by atoms with van der Waals surface area (Å²) < 4.78 is 13.5. The molecule has 0 saturated heterocycles. The number of para-hydroxylation sites is 1. The monoisotopic (exact) mass is 499 g/mol. The number of halogens is 1. The highest BCUT2D eigenvalue weighted by Crippen LogP contribution is 2.19. The molecule has 2 amide bonds. The van der Waals surface area contributed by atoms with Gasteiger partial charge in [0.15, 0.2) is 0 Å². The van der Waals surface area contributed by atoms with Gasteiger partial charge in [0, 0.05) is 42.7 Å². The van der Waals surface area contributed by atoms with Gasteiger partial charge in [0.2, 0.25) is 11.8 Å². The zero-order valence-electron chi connectivity index (χ0n) is 21.5. The van der Waals surface area contributed by atoms with Gasteiger partial charge < -0.3 is 14.8 Å². The first-order chi connectivity index (χ1) is 17.9. The molecular formula is C31H34FN3O2. The van der Waals surface area contributed by atoms with Crippen molar-refractivity contribution in [1.29, 1.82) is 0 Å². The second-order valence-electron chi connectivity index (χ2n) is 9.65. The first-order valence-electron chi connectivity index (χ1n) is 12.8. The van der Waals surface area contributed by atoms with Crippen molar-refractivity contribution in [3.8, 4) is 0 Å². The highest BCUT2D eigenvalue weighted by Gasteiger charge is 2.24. The Kier molecular flexibility index (Phi) is 8.72. The fraction of sp³-hybridized carbons (Fsp3) is 0.290. The van der Waals surface area contributed by atoms with E-state index in [-0.39, 0.29) is 30.2 Å². The molecule has 0 unspecified atom stereocenters. The van der Waals surface area contributed by atoms with Crippen LogP contribution in [0.5, 0.6) is 0 Å². The van der Waals surface area contributed by atoms with Crippen LogP contribution in [-0.4, -0.2) is 45.7 Å². The maximum atomic E-state index is 13.6. The van der Waals surface area contributed by atoms with E-state index in [0.717, 1.165) is 27.6 Å². The van der Waals surface area contributed by atoms with Crippen molar-refractivity contribution >= 4 is 22.7 Å². The number of benzene rings is 3. The summed E-state index contributed by atoms with van der Waals surface area (Å²) in [6, 6.07) is 24.1. The molecule has 1 heterocycles. The Bertz CT molecular complexity index is 1320. The van der Waals surface area contributed by atoms with Crippen LogP contribution in [0.15, 0.2) is 85.1 Å². The van der Waals surface area contributed by atoms with Crippen LogP contribution in [0.25, 0.3) is 10.9 Å². The Balaban J connectivity index is 1.47. The third-order valence-electron chi connectivity index (χ3n) is 6.69. The van der Waals surface area contributed by atoms with E-state index in [4.69, 9.17) is 0 Å². The first-order valence-corrected chi connectivity index (χ1v) is 12.8. The van der Waals surface area contributed by atoms with Crippen LogP contribution < -0.4 is 0 Å². The summed E-state index contributed by atoms with van der Waals surface area (Å²) in [6.07, 6.45) is 3.64. The van der Waals surface area contributed by atoms with E-state index in [9.17, 15) is 14.0 Å².